The molecule has 2 heteroatoms. The van der Waals surface area contributed by atoms with Crippen molar-refractivity contribution in [2.75, 3.05) is 36.0 Å². The van der Waals surface area contributed by atoms with Gasteiger partial charge in [0.1, 0.15) is 0 Å². The number of benzene rings is 8. The van der Waals surface area contributed by atoms with Crippen molar-refractivity contribution in [1.29, 1.82) is 0 Å². The van der Waals surface area contributed by atoms with E-state index in [2.05, 4.69) is 235 Å². The van der Waals surface area contributed by atoms with E-state index in [-0.39, 0.29) is 10.8 Å². The van der Waals surface area contributed by atoms with Crippen LogP contribution in [0.5, 0.6) is 0 Å². The molecule has 0 radical (unpaired) electrons. The molecule has 0 fully saturated rings. The highest BCUT2D eigenvalue weighted by atomic mass is 15.1. The van der Waals surface area contributed by atoms with Crippen molar-refractivity contribution >= 4 is 11.4 Å². The summed E-state index contributed by atoms with van der Waals surface area (Å²) in [7, 11) is 0. The SMILES string of the molecule is CC.CC.CC.CC.CC.CC.CC.CC.CCN(CC)c1ccc2c(c1)C(Cc1ccc(C)cc1)(Cc1ccc(C)cc1)c1ccccc1-2.CCN(CC)c1ccc2c(c1)C1(Cc3cc(C)ccc3-c3ccc(C)cc3C1)c1ccccc1-2. The smallest absolute Gasteiger partial charge is 0.0369 e. The molecule has 0 aliphatic heterocycles. The maximum Gasteiger partial charge on any atom is 0.0369 e. The molecule has 8 aromatic carbocycles. The van der Waals surface area contributed by atoms with Gasteiger partial charge in [0.2, 0.25) is 0 Å². The lowest BCUT2D eigenvalue weighted by molar-refractivity contribution is 0.520. The van der Waals surface area contributed by atoms with Gasteiger partial charge in [0, 0.05) is 48.4 Å². The van der Waals surface area contributed by atoms with E-state index in [1.165, 1.54) is 112 Å². The van der Waals surface area contributed by atoms with Crippen molar-refractivity contribution in [3.63, 3.8) is 0 Å². The number of hydrogen-bond acceptors (Lipinski definition) is 2. The normalized spacial score (nSPS) is 12.0. The average Bonchev–Trinajstić information content (AvgIpc) is 1.81. The zero-order chi connectivity index (χ0) is 63.2. The molecule has 454 valence electrons. The lowest BCUT2D eigenvalue weighted by Crippen LogP contribution is -2.31. The van der Waals surface area contributed by atoms with Gasteiger partial charge in [-0.3, -0.25) is 0 Å². The first-order chi connectivity index (χ1) is 41.1. The van der Waals surface area contributed by atoms with Crippen LogP contribution in [0.2, 0.25) is 0 Å². The fourth-order valence-corrected chi connectivity index (χ4v) is 12.4. The maximum absolute atomic E-state index is 2.51. The first-order valence-electron chi connectivity index (χ1n) is 33.4. The van der Waals surface area contributed by atoms with Crippen molar-refractivity contribution in [1.82, 2.24) is 0 Å². The minimum Gasteiger partial charge on any atom is -0.372 e. The molecule has 0 saturated carbocycles. The van der Waals surface area contributed by atoms with Gasteiger partial charge < -0.3 is 9.80 Å². The first kappa shape index (κ1) is 73.5. The highest BCUT2D eigenvalue weighted by Crippen LogP contribution is 2.56. The number of aryl methyl sites for hydroxylation is 4. The number of fused-ring (bicyclic) bond motifs is 11. The van der Waals surface area contributed by atoms with Crippen LogP contribution in [-0.4, -0.2) is 26.2 Å². The second-order valence-corrected chi connectivity index (χ2v) is 20.1. The van der Waals surface area contributed by atoms with Gasteiger partial charge in [-0.15, -0.1) is 0 Å². The lowest BCUT2D eigenvalue weighted by atomic mass is 9.69. The Bertz CT molecular complexity index is 3010. The number of nitrogens with zero attached hydrogens (tertiary/aromatic N) is 2. The zero-order valence-electron chi connectivity index (χ0n) is 57.7. The van der Waals surface area contributed by atoms with Crippen molar-refractivity contribution < 1.29 is 0 Å². The van der Waals surface area contributed by atoms with Crippen LogP contribution in [0.3, 0.4) is 0 Å². The molecule has 0 N–H and O–H groups in total. The fourth-order valence-electron chi connectivity index (χ4n) is 12.4. The van der Waals surface area contributed by atoms with Gasteiger partial charge in [0.25, 0.3) is 0 Å². The van der Waals surface area contributed by atoms with E-state index in [9.17, 15) is 0 Å². The molecule has 2 nitrogen and oxygen atoms in total. The van der Waals surface area contributed by atoms with Crippen LogP contribution in [0.4, 0.5) is 11.4 Å². The van der Waals surface area contributed by atoms with Crippen LogP contribution in [0, 0.1) is 27.7 Å². The quantitative estimate of drug-likeness (QED) is 0.135. The standard InChI is InChI=1S/C33H33N.C33H35N.8C2H6/c1-5-34(6-2)26-13-16-30-29-9-7-8-10-31(29)33(32(30)19-26)20-24-17-22(3)11-14-27(24)28-15-12-23(4)18-25(28)21-33;1-5-34(6-2)28-19-20-30-29-9-7-8-10-31(29)33(32(30)21-28,22-26-15-11-24(3)12-16-26)23-27-17-13-25(4)14-18-27;8*1-2/h7-19H,5-6,20-21H2,1-4H3;7-21H,5-6,22-23H2,1-4H3;8*1-2H3. The van der Waals surface area contributed by atoms with Gasteiger partial charge in [-0.05, 0) is 183 Å². The van der Waals surface area contributed by atoms with E-state index in [4.69, 9.17) is 0 Å². The van der Waals surface area contributed by atoms with Crippen molar-refractivity contribution in [2.24, 2.45) is 0 Å². The van der Waals surface area contributed by atoms with Gasteiger partial charge in [0.05, 0.1) is 0 Å². The molecule has 3 aliphatic rings. The molecule has 0 aromatic heterocycles. The van der Waals surface area contributed by atoms with Gasteiger partial charge in [-0.1, -0.05) is 279 Å². The van der Waals surface area contributed by atoms with Crippen LogP contribution in [0.1, 0.15) is 205 Å². The Labute approximate surface area is 517 Å². The summed E-state index contributed by atoms with van der Waals surface area (Å²) in [6, 6.07) is 65.1. The Hall–Kier alpha value is -6.64. The van der Waals surface area contributed by atoms with Crippen LogP contribution in [0.25, 0.3) is 33.4 Å². The molecule has 0 unspecified atom stereocenters. The summed E-state index contributed by atoms with van der Waals surface area (Å²) in [5.74, 6) is 0. The third kappa shape index (κ3) is 16.4. The lowest BCUT2D eigenvalue weighted by Gasteiger charge is -2.34. The fraction of sp³-hybridized carbons (Fsp3) is 0.415. The Kier molecular flexibility index (Phi) is 32.9. The van der Waals surface area contributed by atoms with Crippen LogP contribution in [0.15, 0.2) is 170 Å². The van der Waals surface area contributed by atoms with E-state index in [1.807, 2.05) is 111 Å². The van der Waals surface area contributed by atoms with E-state index in [1.54, 1.807) is 0 Å². The molecule has 1 spiro atoms. The Morgan fingerprint density at radius 3 is 1.00 bits per heavy atom. The Morgan fingerprint density at radius 2 is 0.607 bits per heavy atom. The Morgan fingerprint density at radius 1 is 0.298 bits per heavy atom. The molecule has 8 aromatic rings. The third-order valence-corrected chi connectivity index (χ3v) is 15.8. The summed E-state index contributed by atoms with van der Waals surface area (Å²) >= 11 is 0. The predicted molar refractivity (Wildman–Crippen MR) is 382 cm³/mol. The number of anilines is 2. The van der Waals surface area contributed by atoms with Crippen molar-refractivity contribution in [3.05, 3.63) is 237 Å². The summed E-state index contributed by atoms with van der Waals surface area (Å²) in [6.45, 7) is 53.9. The highest BCUT2D eigenvalue weighted by Gasteiger charge is 2.46. The van der Waals surface area contributed by atoms with Crippen LogP contribution < -0.4 is 9.80 Å². The average molecular weight is 1130 g/mol. The second-order valence-electron chi connectivity index (χ2n) is 20.1. The molecular weight excluding hydrogens is 1010 g/mol. The number of hydrogen-bond donors (Lipinski definition) is 0. The van der Waals surface area contributed by atoms with E-state index < -0.39 is 0 Å². The van der Waals surface area contributed by atoms with Crippen LogP contribution >= 0.6 is 0 Å². The molecular formula is C82H116N2. The first-order valence-corrected chi connectivity index (χ1v) is 33.4. The molecule has 0 saturated heterocycles. The topological polar surface area (TPSA) is 6.48 Å². The van der Waals surface area contributed by atoms with E-state index >= 15 is 0 Å². The van der Waals surface area contributed by atoms with Gasteiger partial charge in [-0.2, -0.15) is 0 Å². The monoisotopic (exact) mass is 1130 g/mol. The molecule has 11 rings (SSSR count). The van der Waals surface area contributed by atoms with Gasteiger partial charge in [-0.25, -0.2) is 0 Å². The second kappa shape index (κ2) is 37.6. The summed E-state index contributed by atoms with van der Waals surface area (Å²) in [5, 5.41) is 0. The van der Waals surface area contributed by atoms with Crippen LogP contribution in [-0.2, 0) is 36.5 Å². The maximum atomic E-state index is 2.51. The summed E-state index contributed by atoms with van der Waals surface area (Å²) in [6.07, 6.45) is 4.05. The third-order valence-electron chi connectivity index (χ3n) is 15.8. The minimum atomic E-state index is -0.0976. The summed E-state index contributed by atoms with van der Waals surface area (Å²) in [5.41, 5.74) is 27.9. The van der Waals surface area contributed by atoms with Gasteiger partial charge >= 0.3 is 0 Å². The van der Waals surface area contributed by atoms with Crippen molar-refractivity contribution in [2.45, 2.75) is 203 Å². The zero-order valence-corrected chi connectivity index (χ0v) is 57.7. The minimum absolute atomic E-state index is 0.0589. The molecule has 0 bridgehead atoms. The molecule has 0 amide bonds. The van der Waals surface area contributed by atoms with E-state index in [0.717, 1.165) is 51.9 Å². The van der Waals surface area contributed by atoms with Crippen molar-refractivity contribution in [3.8, 4) is 33.4 Å². The number of rotatable bonds is 10. The largest absolute Gasteiger partial charge is 0.372 e. The summed E-state index contributed by atoms with van der Waals surface area (Å²) < 4.78 is 0. The molecule has 3 aliphatic carbocycles. The Balaban J connectivity index is 0.000000464. The van der Waals surface area contributed by atoms with E-state index in [0.29, 0.717) is 0 Å². The summed E-state index contributed by atoms with van der Waals surface area (Å²) in [4.78, 5) is 4.94. The molecule has 0 heterocycles. The molecule has 84 heavy (non-hydrogen) atoms. The highest BCUT2D eigenvalue weighted by molar-refractivity contribution is 5.86. The molecule has 0 atom stereocenters. The predicted octanol–water partition coefficient (Wildman–Crippen LogP) is 24.0. The van der Waals surface area contributed by atoms with Gasteiger partial charge in [0.15, 0.2) is 0 Å².